The molecule has 3 aromatic rings. The van der Waals surface area contributed by atoms with E-state index in [9.17, 15) is 17.2 Å². The van der Waals surface area contributed by atoms with Crippen LogP contribution in [0, 0.1) is 0 Å². The highest BCUT2D eigenvalue weighted by Gasteiger charge is 2.23. The van der Waals surface area contributed by atoms with Crippen LogP contribution in [0.4, 0.5) is 5.69 Å². The molecule has 2 aromatic heterocycles. The van der Waals surface area contributed by atoms with Crippen molar-refractivity contribution in [1.82, 2.24) is 9.71 Å². The van der Waals surface area contributed by atoms with Crippen molar-refractivity contribution in [1.29, 1.82) is 0 Å². The molecule has 11 heteroatoms. The molecule has 0 amide bonds. The maximum atomic E-state index is 13.0. The summed E-state index contributed by atoms with van der Waals surface area (Å²) in [5, 5.41) is 4.74. The van der Waals surface area contributed by atoms with Crippen molar-refractivity contribution in [2.75, 3.05) is 10.5 Å². The summed E-state index contributed by atoms with van der Waals surface area (Å²) in [6.45, 7) is 0. The molecule has 1 unspecified atom stereocenters. The average molecular weight is 549 g/mol. The van der Waals surface area contributed by atoms with Crippen LogP contribution in [0.3, 0.4) is 0 Å². The van der Waals surface area contributed by atoms with Crippen molar-refractivity contribution in [3.05, 3.63) is 82.2 Å². The molecule has 0 radical (unpaired) electrons. The largest absolute Gasteiger partial charge is 0.755 e. The van der Waals surface area contributed by atoms with Crippen LogP contribution in [0.15, 0.2) is 71.0 Å². The first-order valence-corrected chi connectivity index (χ1v) is 15.7. The second-order valence-corrected chi connectivity index (χ2v) is 12.5. The van der Waals surface area contributed by atoms with Gasteiger partial charge in [0.15, 0.2) is 0 Å². The normalized spacial score (nSPS) is 15.5. The van der Waals surface area contributed by atoms with Crippen LogP contribution in [0.25, 0.3) is 9.88 Å². The van der Waals surface area contributed by atoms with Crippen LogP contribution in [0.2, 0.25) is 0 Å². The van der Waals surface area contributed by atoms with Gasteiger partial charge in [-0.3, -0.25) is 4.21 Å². The third-order valence-corrected chi connectivity index (χ3v) is 9.25. The molecular weight excluding hydrogens is 523 g/mol. The Hall–Kier alpha value is -2.15. The van der Waals surface area contributed by atoms with E-state index >= 15 is 0 Å². The van der Waals surface area contributed by atoms with Gasteiger partial charge in [-0.25, -0.2) is 18.1 Å². The van der Waals surface area contributed by atoms with E-state index in [1.54, 1.807) is 35.6 Å². The van der Waals surface area contributed by atoms with Gasteiger partial charge in [-0.2, -0.15) is 0 Å². The molecule has 35 heavy (non-hydrogen) atoms. The highest BCUT2D eigenvalue weighted by molar-refractivity contribution is 7.89. The zero-order chi connectivity index (χ0) is 24.7. The van der Waals surface area contributed by atoms with Gasteiger partial charge in [-0.1, -0.05) is 42.0 Å². The highest BCUT2D eigenvalue weighted by atomic mass is 32.2. The standard InChI is InChI=1S/C24H27N3O4S4/c28-34(29)26-20-12-10-19(11-13-20)16-21(22-17-33-24(25-22)23-9-4-14-32-23)27-35(30,31)15-5-8-18-6-2-1-3-7-18/h2,4,6-7,9-14,17,21,26-27H,1,3,5,8,15-16H2,(H,28,29)/p-1/t21-/m0/s1. The first-order valence-electron chi connectivity index (χ1n) is 11.2. The number of hydrogen-bond acceptors (Lipinski definition) is 7. The van der Waals surface area contributed by atoms with Gasteiger partial charge in [0.25, 0.3) is 0 Å². The maximum Gasteiger partial charge on any atom is 0.212 e. The molecular formula is C24H26N3O4S4-. The molecule has 0 bridgehead atoms. The SMILES string of the molecule is O=S([O-])Nc1ccc(C[C@H](NS(=O)(=O)CCCC2=CCCC=C2)c2csc(-c3cccs3)n2)cc1. The number of aromatic nitrogens is 1. The molecule has 0 spiro atoms. The monoisotopic (exact) mass is 548 g/mol. The zero-order valence-corrected chi connectivity index (χ0v) is 22.2. The van der Waals surface area contributed by atoms with E-state index in [1.165, 1.54) is 16.9 Å². The lowest BCUT2D eigenvalue weighted by Gasteiger charge is -2.18. The second kappa shape index (κ2) is 12.2. The molecule has 2 N–H and O–H groups in total. The molecule has 186 valence electrons. The fourth-order valence-corrected chi connectivity index (χ4v) is 7.10. The zero-order valence-electron chi connectivity index (χ0n) is 18.9. The van der Waals surface area contributed by atoms with Gasteiger partial charge in [0.1, 0.15) is 5.01 Å². The van der Waals surface area contributed by atoms with Gasteiger partial charge < -0.3 is 9.27 Å². The fraction of sp³-hybridized carbons (Fsp3) is 0.292. The van der Waals surface area contributed by atoms with E-state index in [4.69, 9.17) is 4.98 Å². The molecule has 0 aliphatic heterocycles. The number of rotatable bonds is 12. The molecule has 7 nitrogen and oxygen atoms in total. The highest BCUT2D eigenvalue weighted by Crippen LogP contribution is 2.31. The molecule has 0 saturated carbocycles. The Morgan fingerprint density at radius 3 is 2.66 bits per heavy atom. The minimum absolute atomic E-state index is 0.0365. The number of sulfonamides is 1. The van der Waals surface area contributed by atoms with Gasteiger partial charge in [-0.05, 0) is 61.2 Å². The molecule has 1 aliphatic carbocycles. The predicted molar refractivity (Wildman–Crippen MR) is 143 cm³/mol. The van der Waals surface area contributed by atoms with Crippen LogP contribution in [0.5, 0.6) is 0 Å². The lowest BCUT2D eigenvalue weighted by Crippen LogP contribution is -2.32. The molecule has 4 rings (SSSR count). The number of nitrogens with one attached hydrogen (secondary N) is 2. The van der Waals surface area contributed by atoms with E-state index < -0.39 is 27.3 Å². The average Bonchev–Trinajstić information content (AvgIpc) is 3.52. The van der Waals surface area contributed by atoms with Crippen molar-refractivity contribution in [2.45, 2.75) is 38.1 Å². The number of hydrogen-bond donors (Lipinski definition) is 2. The van der Waals surface area contributed by atoms with Crippen molar-refractivity contribution in [2.24, 2.45) is 0 Å². The minimum Gasteiger partial charge on any atom is -0.755 e. The van der Waals surface area contributed by atoms with Crippen LogP contribution in [0.1, 0.15) is 43.0 Å². The molecule has 1 aliphatic rings. The van der Waals surface area contributed by atoms with Crippen LogP contribution in [-0.4, -0.2) is 27.9 Å². The van der Waals surface area contributed by atoms with Gasteiger partial charge in [0, 0.05) is 22.3 Å². The van der Waals surface area contributed by atoms with E-state index in [0.717, 1.165) is 34.7 Å². The molecule has 0 fully saturated rings. The number of thiophene rings is 1. The van der Waals surface area contributed by atoms with Gasteiger partial charge in [-0.15, -0.1) is 22.7 Å². The number of anilines is 1. The van der Waals surface area contributed by atoms with Gasteiger partial charge in [0.05, 0.1) is 22.4 Å². The number of benzene rings is 1. The second-order valence-electron chi connectivity index (χ2n) is 8.14. The summed E-state index contributed by atoms with van der Waals surface area (Å²) >= 11 is 0.677. The third kappa shape index (κ3) is 7.92. The minimum atomic E-state index is -3.55. The van der Waals surface area contributed by atoms with E-state index in [-0.39, 0.29) is 5.75 Å². The molecule has 2 atom stereocenters. The summed E-state index contributed by atoms with van der Waals surface area (Å²) in [4.78, 5) is 5.77. The number of allylic oxidation sites excluding steroid dienone is 4. The summed E-state index contributed by atoms with van der Waals surface area (Å²) in [7, 11) is -3.55. The fourth-order valence-electron chi connectivity index (χ4n) is 3.80. The Morgan fingerprint density at radius 2 is 1.97 bits per heavy atom. The Kier molecular flexibility index (Phi) is 9.04. The summed E-state index contributed by atoms with van der Waals surface area (Å²) < 4.78 is 52.9. The Morgan fingerprint density at radius 1 is 1.14 bits per heavy atom. The quantitative estimate of drug-likeness (QED) is 0.297. The number of thiazole rings is 1. The molecule has 2 heterocycles. The van der Waals surface area contributed by atoms with E-state index in [0.29, 0.717) is 24.2 Å². The summed E-state index contributed by atoms with van der Waals surface area (Å²) in [5.41, 5.74) is 3.17. The maximum absolute atomic E-state index is 13.0. The summed E-state index contributed by atoms with van der Waals surface area (Å²) in [6.07, 6.45) is 10.1. The van der Waals surface area contributed by atoms with Crippen molar-refractivity contribution >= 4 is 49.7 Å². The van der Waals surface area contributed by atoms with Gasteiger partial charge in [0.2, 0.25) is 10.0 Å². The van der Waals surface area contributed by atoms with Crippen LogP contribution in [-0.2, 0) is 27.7 Å². The third-order valence-electron chi connectivity index (χ3n) is 5.48. The molecule has 1 aromatic carbocycles. The smallest absolute Gasteiger partial charge is 0.212 e. The summed E-state index contributed by atoms with van der Waals surface area (Å²) in [6, 6.07) is 10.3. The Bertz CT molecular complexity index is 1300. The van der Waals surface area contributed by atoms with Crippen molar-refractivity contribution in [3.8, 4) is 9.88 Å². The topological polar surface area (TPSA) is 111 Å². The van der Waals surface area contributed by atoms with Gasteiger partial charge >= 0.3 is 0 Å². The summed E-state index contributed by atoms with van der Waals surface area (Å²) in [5.74, 6) is 0.0365. The Balaban J connectivity index is 1.48. The predicted octanol–water partition coefficient (Wildman–Crippen LogP) is 5.34. The van der Waals surface area contributed by atoms with E-state index in [1.807, 2.05) is 22.9 Å². The van der Waals surface area contributed by atoms with Crippen molar-refractivity contribution < 1.29 is 17.2 Å². The van der Waals surface area contributed by atoms with Crippen LogP contribution < -0.4 is 9.44 Å². The lowest BCUT2D eigenvalue weighted by atomic mass is 10.0. The number of nitrogens with zero attached hydrogens (tertiary/aromatic N) is 1. The first-order chi connectivity index (χ1) is 16.9. The van der Waals surface area contributed by atoms with Crippen molar-refractivity contribution in [3.63, 3.8) is 0 Å². The Labute approximate surface area is 216 Å². The first kappa shape index (κ1) is 25.9. The van der Waals surface area contributed by atoms with Crippen LogP contribution >= 0.6 is 22.7 Å². The molecule has 0 saturated heterocycles. The lowest BCUT2D eigenvalue weighted by molar-refractivity contribution is 0.542. The van der Waals surface area contributed by atoms with E-state index in [2.05, 4.69) is 27.7 Å².